The summed E-state index contributed by atoms with van der Waals surface area (Å²) in [5.41, 5.74) is 2.07. The van der Waals surface area contributed by atoms with Gasteiger partial charge in [0.15, 0.2) is 0 Å². The molecule has 1 amide bonds. The van der Waals surface area contributed by atoms with Crippen molar-refractivity contribution in [2.45, 2.75) is 64.4 Å². The van der Waals surface area contributed by atoms with Crippen LogP contribution in [0, 0.1) is 23.2 Å². The molecule has 4 saturated carbocycles. The molecule has 0 unspecified atom stereocenters. The van der Waals surface area contributed by atoms with Crippen LogP contribution in [0.1, 0.15) is 67.8 Å². The third kappa shape index (κ3) is 5.70. The Morgan fingerprint density at radius 2 is 1.83 bits per heavy atom. The second kappa shape index (κ2) is 10.2. The van der Waals surface area contributed by atoms with Crippen LogP contribution >= 0.6 is 24.0 Å². The SMILES string of the molecule is C[C@H](O)CNCCCc1ccc(Cl)c(C(=O)NCC23CC4CC(CC(C4)C2)C3)c1.Cl. The summed E-state index contributed by atoms with van der Waals surface area (Å²) in [6, 6.07) is 5.80. The summed E-state index contributed by atoms with van der Waals surface area (Å²) < 4.78 is 0. The van der Waals surface area contributed by atoms with Gasteiger partial charge in [0.05, 0.1) is 16.7 Å². The highest BCUT2D eigenvalue weighted by molar-refractivity contribution is 6.33. The van der Waals surface area contributed by atoms with Gasteiger partial charge in [-0.2, -0.15) is 0 Å². The van der Waals surface area contributed by atoms with Crippen LogP contribution in [0.25, 0.3) is 0 Å². The van der Waals surface area contributed by atoms with Gasteiger partial charge in [-0.05, 0) is 106 Å². The van der Waals surface area contributed by atoms with Crippen molar-refractivity contribution in [3.05, 3.63) is 34.3 Å². The fraction of sp³-hybridized carbons (Fsp3) is 0.708. The molecule has 0 saturated heterocycles. The molecule has 0 heterocycles. The summed E-state index contributed by atoms with van der Waals surface area (Å²) in [5, 5.41) is 16.3. The molecule has 4 bridgehead atoms. The minimum absolute atomic E-state index is 0. The summed E-state index contributed by atoms with van der Waals surface area (Å²) in [6.07, 6.45) is 9.69. The van der Waals surface area contributed by atoms with Gasteiger partial charge in [-0.25, -0.2) is 0 Å². The number of hydrogen-bond acceptors (Lipinski definition) is 3. The Balaban J connectivity index is 0.00000256. The summed E-state index contributed by atoms with van der Waals surface area (Å²) >= 11 is 6.36. The Labute approximate surface area is 191 Å². The number of halogens is 2. The van der Waals surface area contributed by atoms with Crippen molar-refractivity contribution in [1.29, 1.82) is 0 Å². The monoisotopic (exact) mass is 454 g/mol. The first-order valence-electron chi connectivity index (χ1n) is 11.4. The molecule has 4 fully saturated rings. The van der Waals surface area contributed by atoms with E-state index in [0.717, 1.165) is 49.2 Å². The molecular formula is C24H36Cl2N2O2. The molecule has 168 valence electrons. The van der Waals surface area contributed by atoms with Crippen molar-refractivity contribution in [3.8, 4) is 0 Å². The molecule has 1 atom stereocenters. The van der Waals surface area contributed by atoms with Crippen molar-refractivity contribution in [3.63, 3.8) is 0 Å². The standard InChI is InChI=1S/C24H35ClN2O2.ClH/c1-16(28)14-26-6-2-3-17-4-5-22(25)21(10-17)23(29)27-15-24-11-18-7-19(12-24)9-20(8-18)13-24;/h4-5,10,16,18-20,26,28H,2-3,6-9,11-15H2,1H3,(H,27,29);1H/t16-,18?,19?,20?,24?;/m0./s1. The van der Waals surface area contributed by atoms with E-state index in [2.05, 4.69) is 10.6 Å². The second-order valence-corrected chi connectivity index (χ2v) is 10.5. The lowest BCUT2D eigenvalue weighted by atomic mass is 9.49. The molecule has 0 aliphatic heterocycles. The van der Waals surface area contributed by atoms with Crippen molar-refractivity contribution in [1.82, 2.24) is 10.6 Å². The van der Waals surface area contributed by atoms with E-state index in [0.29, 0.717) is 22.5 Å². The summed E-state index contributed by atoms with van der Waals surface area (Å²) in [6.45, 7) is 4.04. The van der Waals surface area contributed by atoms with Gasteiger partial charge in [-0.3, -0.25) is 4.79 Å². The zero-order valence-electron chi connectivity index (χ0n) is 18.0. The van der Waals surface area contributed by atoms with Gasteiger partial charge in [-0.1, -0.05) is 17.7 Å². The normalized spacial score (nSPS) is 30.0. The smallest absolute Gasteiger partial charge is 0.252 e. The summed E-state index contributed by atoms with van der Waals surface area (Å²) in [5.74, 6) is 2.66. The molecular weight excluding hydrogens is 419 g/mol. The maximum atomic E-state index is 12.9. The molecule has 3 N–H and O–H groups in total. The van der Waals surface area contributed by atoms with Crippen LogP contribution in [0.15, 0.2) is 18.2 Å². The fourth-order valence-corrected chi connectivity index (χ4v) is 6.70. The Morgan fingerprint density at radius 1 is 1.20 bits per heavy atom. The van der Waals surface area contributed by atoms with Crippen LogP contribution in [0.2, 0.25) is 5.02 Å². The Kier molecular flexibility index (Phi) is 8.11. The van der Waals surface area contributed by atoms with E-state index in [1.165, 1.54) is 38.5 Å². The zero-order chi connectivity index (χ0) is 20.4. The van der Waals surface area contributed by atoms with Gasteiger partial charge in [0, 0.05) is 13.1 Å². The predicted octanol–water partition coefficient (Wildman–Crippen LogP) is 4.61. The maximum Gasteiger partial charge on any atom is 0.252 e. The van der Waals surface area contributed by atoms with Crippen LogP contribution in [-0.4, -0.2) is 36.8 Å². The Hall–Kier alpha value is -0.810. The first-order valence-corrected chi connectivity index (χ1v) is 11.8. The quantitative estimate of drug-likeness (QED) is 0.477. The van der Waals surface area contributed by atoms with Gasteiger partial charge in [0.2, 0.25) is 0 Å². The van der Waals surface area contributed by atoms with E-state index in [4.69, 9.17) is 11.6 Å². The second-order valence-electron chi connectivity index (χ2n) is 10.1. The molecule has 1 aromatic rings. The first-order chi connectivity index (χ1) is 13.9. The van der Waals surface area contributed by atoms with Crippen molar-refractivity contribution >= 4 is 29.9 Å². The number of benzene rings is 1. The number of nitrogens with one attached hydrogen (secondary N) is 2. The van der Waals surface area contributed by atoms with E-state index >= 15 is 0 Å². The number of aliphatic hydroxyl groups excluding tert-OH is 1. The molecule has 30 heavy (non-hydrogen) atoms. The highest BCUT2D eigenvalue weighted by atomic mass is 35.5. The number of carbonyl (C=O) groups is 1. The fourth-order valence-electron chi connectivity index (χ4n) is 6.50. The lowest BCUT2D eigenvalue weighted by Gasteiger charge is -2.56. The molecule has 4 aliphatic rings. The van der Waals surface area contributed by atoms with Crippen molar-refractivity contribution in [2.75, 3.05) is 19.6 Å². The average Bonchev–Trinajstić information content (AvgIpc) is 2.66. The van der Waals surface area contributed by atoms with E-state index in [1.807, 2.05) is 18.2 Å². The molecule has 0 radical (unpaired) electrons. The maximum absolute atomic E-state index is 12.9. The molecule has 5 rings (SSSR count). The third-order valence-electron chi connectivity index (χ3n) is 7.32. The Bertz CT molecular complexity index is 703. The van der Waals surface area contributed by atoms with Gasteiger partial charge in [0.1, 0.15) is 0 Å². The molecule has 0 spiro atoms. The molecule has 6 heteroatoms. The lowest BCUT2D eigenvalue weighted by molar-refractivity contribution is -0.0503. The van der Waals surface area contributed by atoms with Crippen LogP contribution in [0.4, 0.5) is 0 Å². The number of rotatable bonds is 9. The van der Waals surface area contributed by atoms with Gasteiger partial charge < -0.3 is 15.7 Å². The molecule has 4 nitrogen and oxygen atoms in total. The van der Waals surface area contributed by atoms with Gasteiger partial charge >= 0.3 is 0 Å². The summed E-state index contributed by atoms with van der Waals surface area (Å²) in [7, 11) is 0. The third-order valence-corrected chi connectivity index (χ3v) is 7.65. The minimum Gasteiger partial charge on any atom is -0.392 e. The number of aryl methyl sites for hydroxylation is 1. The predicted molar refractivity (Wildman–Crippen MR) is 125 cm³/mol. The zero-order valence-corrected chi connectivity index (χ0v) is 19.5. The van der Waals surface area contributed by atoms with Gasteiger partial charge in [0.25, 0.3) is 5.91 Å². The molecule has 4 aliphatic carbocycles. The number of aliphatic hydroxyl groups is 1. The first kappa shape index (κ1) is 23.8. The molecule has 1 aromatic carbocycles. The number of hydrogen-bond donors (Lipinski definition) is 3. The molecule has 0 aromatic heterocycles. The largest absolute Gasteiger partial charge is 0.392 e. The Morgan fingerprint density at radius 3 is 2.43 bits per heavy atom. The van der Waals surface area contributed by atoms with E-state index in [1.54, 1.807) is 6.92 Å². The topological polar surface area (TPSA) is 61.4 Å². The highest BCUT2D eigenvalue weighted by Gasteiger charge is 2.50. The van der Waals surface area contributed by atoms with E-state index < -0.39 is 0 Å². The summed E-state index contributed by atoms with van der Waals surface area (Å²) in [4.78, 5) is 12.9. The highest BCUT2D eigenvalue weighted by Crippen LogP contribution is 2.59. The lowest BCUT2D eigenvalue weighted by Crippen LogP contribution is -2.51. The van der Waals surface area contributed by atoms with Crippen LogP contribution in [-0.2, 0) is 6.42 Å². The van der Waals surface area contributed by atoms with Crippen LogP contribution in [0.5, 0.6) is 0 Å². The van der Waals surface area contributed by atoms with E-state index in [9.17, 15) is 9.90 Å². The van der Waals surface area contributed by atoms with Crippen LogP contribution in [0.3, 0.4) is 0 Å². The van der Waals surface area contributed by atoms with Crippen molar-refractivity contribution < 1.29 is 9.90 Å². The van der Waals surface area contributed by atoms with Crippen LogP contribution < -0.4 is 10.6 Å². The van der Waals surface area contributed by atoms with Crippen molar-refractivity contribution in [2.24, 2.45) is 23.2 Å². The average molecular weight is 455 g/mol. The van der Waals surface area contributed by atoms with Gasteiger partial charge in [-0.15, -0.1) is 12.4 Å². The number of carbonyl (C=O) groups excluding carboxylic acids is 1. The minimum atomic E-state index is -0.324. The number of amides is 1. The van der Waals surface area contributed by atoms with E-state index in [-0.39, 0.29) is 24.4 Å².